The van der Waals surface area contributed by atoms with Gasteiger partial charge in [-0.15, -0.1) is 0 Å². The average Bonchev–Trinajstić information content (AvgIpc) is 2.37. The monoisotopic (exact) mass is 267 g/mol. The van der Waals surface area contributed by atoms with Crippen LogP contribution in [0.2, 0.25) is 0 Å². The molecule has 0 unspecified atom stereocenters. The molecule has 0 saturated heterocycles. The second-order valence-corrected chi connectivity index (χ2v) is 4.33. The van der Waals surface area contributed by atoms with Gasteiger partial charge in [-0.1, -0.05) is 19.1 Å². The van der Waals surface area contributed by atoms with Crippen LogP contribution in [0.5, 0.6) is 0 Å². The van der Waals surface area contributed by atoms with Crippen LogP contribution in [0.4, 0.5) is 4.39 Å². The summed E-state index contributed by atoms with van der Waals surface area (Å²) in [6.07, 6.45) is 0.879. The third-order valence-electron chi connectivity index (χ3n) is 2.71. The Morgan fingerprint density at radius 2 is 1.84 bits per heavy atom. The highest BCUT2D eigenvalue weighted by Crippen LogP contribution is 2.06. The van der Waals surface area contributed by atoms with Crippen LogP contribution in [0.3, 0.4) is 0 Å². The van der Waals surface area contributed by atoms with Crippen LogP contribution in [0, 0.1) is 5.82 Å². The van der Waals surface area contributed by atoms with Gasteiger partial charge in [0.2, 0.25) is 5.91 Å². The predicted molar refractivity (Wildman–Crippen MR) is 69.2 cm³/mol. The lowest BCUT2D eigenvalue weighted by Gasteiger charge is -2.21. The van der Waals surface area contributed by atoms with Gasteiger partial charge in [-0.2, -0.15) is 0 Å². The highest BCUT2D eigenvalue weighted by atomic mass is 19.1. The summed E-state index contributed by atoms with van der Waals surface area (Å²) in [6.45, 7) is 2.68. The number of aliphatic carboxylic acids is 1. The molecule has 0 spiro atoms. The third kappa shape index (κ3) is 5.50. The van der Waals surface area contributed by atoms with Crippen LogP contribution >= 0.6 is 0 Å². The van der Waals surface area contributed by atoms with Gasteiger partial charge in [-0.3, -0.25) is 9.59 Å². The Labute approximate surface area is 111 Å². The molecule has 0 aliphatic rings. The van der Waals surface area contributed by atoms with Crippen LogP contribution in [-0.2, 0) is 16.0 Å². The number of nitrogens with zero attached hydrogens (tertiary/aromatic N) is 1. The minimum atomic E-state index is -0.921. The predicted octanol–water partition coefficient (Wildman–Crippen LogP) is 2.08. The molecule has 4 nitrogen and oxygen atoms in total. The Balaban J connectivity index is 2.60. The Morgan fingerprint density at radius 1 is 1.21 bits per heavy atom. The van der Waals surface area contributed by atoms with Crippen molar-refractivity contribution in [1.82, 2.24) is 4.90 Å². The van der Waals surface area contributed by atoms with E-state index in [4.69, 9.17) is 5.11 Å². The van der Waals surface area contributed by atoms with Gasteiger partial charge < -0.3 is 10.0 Å². The quantitative estimate of drug-likeness (QED) is 0.823. The smallest absolute Gasteiger partial charge is 0.305 e. The zero-order valence-corrected chi connectivity index (χ0v) is 10.9. The first kappa shape index (κ1) is 15.1. The molecule has 0 radical (unpaired) electrons. The lowest BCUT2D eigenvalue weighted by atomic mass is 10.1. The van der Waals surface area contributed by atoms with Gasteiger partial charge in [0.1, 0.15) is 5.82 Å². The molecule has 1 aromatic rings. The fourth-order valence-corrected chi connectivity index (χ4v) is 1.75. The van der Waals surface area contributed by atoms with Gasteiger partial charge in [-0.05, 0) is 24.1 Å². The Kier molecular flexibility index (Phi) is 5.99. The second-order valence-electron chi connectivity index (χ2n) is 4.33. The van der Waals surface area contributed by atoms with Crippen molar-refractivity contribution in [3.63, 3.8) is 0 Å². The van der Waals surface area contributed by atoms with Crippen molar-refractivity contribution in [2.45, 2.75) is 26.2 Å². The maximum atomic E-state index is 12.8. The fraction of sp³-hybridized carbons (Fsp3) is 0.429. The summed E-state index contributed by atoms with van der Waals surface area (Å²) in [7, 11) is 0. The summed E-state index contributed by atoms with van der Waals surface area (Å²) in [5, 5.41) is 8.65. The number of benzene rings is 1. The van der Waals surface area contributed by atoms with Crippen LogP contribution in [0.1, 0.15) is 25.3 Å². The van der Waals surface area contributed by atoms with Crippen molar-refractivity contribution in [2.75, 3.05) is 13.1 Å². The first-order chi connectivity index (χ1) is 9.02. The van der Waals surface area contributed by atoms with Crippen molar-refractivity contribution < 1.29 is 19.1 Å². The summed E-state index contributed by atoms with van der Waals surface area (Å²) < 4.78 is 12.8. The number of hydrogen-bond donors (Lipinski definition) is 1. The molecule has 0 aliphatic heterocycles. The molecule has 1 rings (SSSR count). The van der Waals surface area contributed by atoms with E-state index in [-0.39, 0.29) is 31.1 Å². The van der Waals surface area contributed by atoms with E-state index in [2.05, 4.69) is 0 Å². The van der Waals surface area contributed by atoms with Crippen molar-refractivity contribution >= 4 is 11.9 Å². The zero-order chi connectivity index (χ0) is 14.3. The van der Waals surface area contributed by atoms with E-state index in [9.17, 15) is 14.0 Å². The topological polar surface area (TPSA) is 57.6 Å². The molecule has 1 aromatic carbocycles. The summed E-state index contributed by atoms with van der Waals surface area (Å²) in [4.78, 5) is 24.1. The minimum absolute atomic E-state index is 0.0604. The molecule has 0 aliphatic carbocycles. The largest absolute Gasteiger partial charge is 0.481 e. The lowest BCUT2D eigenvalue weighted by Crippen LogP contribution is -2.34. The third-order valence-corrected chi connectivity index (χ3v) is 2.71. The highest BCUT2D eigenvalue weighted by molar-refractivity contribution is 5.79. The van der Waals surface area contributed by atoms with Crippen molar-refractivity contribution in [3.05, 3.63) is 35.6 Å². The number of carboxylic acid groups (broad SMARTS) is 1. The molecule has 0 saturated carbocycles. The van der Waals surface area contributed by atoms with Gasteiger partial charge in [0, 0.05) is 13.1 Å². The number of halogens is 1. The van der Waals surface area contributed by atoms with Gasteiger partial charge in [0.25, 0.3) is 0 Å². The number of carboxylic acids is 1. The van der Waals surface area contributed by atoms with E-state index in [1.165, 1.54) is 17.0 Å². The normalized spacial score (nSPS) is 10.2. The zero-order valence-electron chi connectivity index (χ0n) is 10.9. The van der Waals surface area contributed by atoms with Gasteiger partial charge in [0.05, 0.1) is 12.8 Å². The van der Waals surface area contributed by atoms with Gasteiger partial charge in [-0.25, -0.2) is 4.39 Å². The van der Waals surface area contributed by atoms with Crippen LogP contribution in [0.15, 0.2) is 24.3 Å². The summed E-state index contributed by atoms with van der Waals surface area (Å²) in [5.74, 6) is -1.39. The van der Waals surface area contributed by atoms with Crippen LogP contribution in [-0.4, -0.2) is 35.0 Å². The summed E-state index contributed by atoms with van der Waals surface area (Å²) in [5.41, 5.74) is 0.725. The first-order valence-corrected chi connectivity index (χ1v) is 6.27. The van der Waals surface area contributed by atoms with Gasteiger partial charge >= 0.3 is 5.97 Å². The summed E-state index contributed by atoms with van der Waals surface area (Å²) in [6, 6.07) is 5.75. The van der Waals surface area contributed by atoms with E-state index in [1.807, 2.05) is 6.92 Å². The van der Waals surface area contributed by atoms with Crippen molar-refractivity contribution in [3.8, 4) is 0 Å². The Morgan fingerprint density at radius 3 is 2.37 bits per heavy atom. The molecular weight excluding hydrogens is 249 g/mol. The van der Waals surface area contributed by atoms with Gasteiger partial charge in [0.15, 0.2) is 0 Å². The molecule has 0 bridgehead atoms. The maximum Gasteiger partial charge on any atom is 0.305 e. The van der Waals surface area contributed by atoms with Crippen molar-refractivity contribution in [1.29, 1.82) is 0 Å². The van der Waals surface area contributed by atoms with E-state index in [0.717, 1.165) is 12.0 Å². The number of carbonyl (C=O) groups is 2. The van der Waals surface area contributed by atoms with E-state index in [0.29, 0.717) is 6.54 Å². The Hall–Kier alpha value is -1.91. The molecule has 0 fully saturated rings. The molecule has 1 N–H and O–H groups in total. The lowest BCUT2D eigenvalue weighted by molar-refractivity contribution is -0.138. The molecule has 104 valence electrons. The molecule has 0 atom stereocenters. The highest BCUT2D eigenvalue weighted by Gasteiger charge is 2.14. The van der Waals surface area contributed by atoms with E-state index < -0.39 is 5.97 Å². The molecule has 0 aromatic heterocycles. The maximum absolute atomic E-state index is 12.8. The van der Waals surface area contributed by atoms with Crippen LogP contribution in [0.25, 0.3) is 0 Å². The van der Waals surface area contributed by atoms with Crippen molar-refractivity contribution in [2.24, 2.45) is 0 Å². The standard InChI is InChI=1S/C14H18FNO3/c1-2-8-16(9-7-14(18)19)13(17)10-11-3-5-12(15)6-4-11/h3-6H,2,7-10H2,1H3,(H,18,19). The molecule has 19 heavy (non-hydrogen) atoms. The number of carbonyl (C=O) groups excluding carboxylic acids is 1. The molecule has 0 heterocycles. The number of amides is 1. The number of hydrogen-bond acceptors (Lipinski definition) is 2. The first-order valence-electron chi connectivity index (χ1n) is 6.27. The van der Waals surface area contributed by atoms with E-state index in [1.54, 1.807) is 12.1 Å². The summed E-state index contributed by atoms with van der Waals surface area (Å²) >= 11 is 0. The molecular formula is C14H18FNO3. The minimum Gasteiger partial charge on any atom is -0.481 e. The molecule has 1 amide bonds. The second kappa shape index (κ2) is 7.51. The van der Waals surface area contributed by atoms with Crippen LogP contribution < -0.4 is 0 Å². The van der Waals surface area contributed by atoms with E-state index >= 15 is 0 Å². The fourth-order valence-electron chi connectivity index (χ4n) is 1.75. The molecule has 5 heteroatoms. The average molecular weight is 267 g/mol. The Bertz CT molecular complexity index is 431. The SMILES string of the molecule is CCCN(CCC(=O)O)C(=O)Cc1ccc(F)cc1. The number of rotatable bonds is 7.